The summed E-state index contributed by atoms with van der Waals surface area (Å²) in [6.07, 6.45) is 1.19. The van der Waals surface area contributed by atoms with Crippen molar-refractivity contribution in [2.75, 3.05) is 0 Å². The highest BCUT2D eigenvalue weighted by atomic mass is 16.6. The molecular formula is C17H17N3O4. The van der Waals surface area contributed by atoms with Crippen molar-refractivity contribution in [3.8, 4) is 17.6 Å². The van der Waals surface area contributed by atoms with Crippen LogP contribution < -0.4 is 4.73 Å². The van der Waals surface area contributed by atoms with Crippen LogP contribution in [0.4, 0.5) is 0 Å². The van der Waals surface area contributed by atoms with E-state index in [0.717, 1.165) is 0 Å². The van der Waals surface area contributed by atoms with Crippen LogP contribution in [0.2, 0.25) is 0 Å². The van der Waals surface area contributed by atoms with E-state index in [4.69, 9.17) is 10.1 Å². The molecule has 0 aliphatic heterocycles. The van der Waals surface area contributed by atoms with Crippen molar-refractivity contribution < 1.29 is 19.8 Å². The fourth-order valence-electron chi connectivity index (χ4n) is 1.90. The van der Waals surface area contributed by atoms with Gasteiger partial charge >= 0.3 is 0 Å². The zero-order chi connectivity index (χ0) is 17.9. The molecule has 0 aliphatic carbocycles. The van der Waals surface area contributed by atoms with E-state index in [1.165, 1.54) is 36.5 Å². The average molecular weight is 327 g/mol. The predicted octanol–water partition coefficient (Wildman–Crippen LogP) is 2.17. The first-order valence-corrected chi connectivity index (χ1v) is 7.14. The molecule has 0 saturated carbocycles. The lowest BCUT2D eigenvalue weighted by molar-refractivity contribution is -0.607. The van der Waals surface area contributed by atoms with Crippen molar-refractivity contribution in [1.29, 1.82) is 5.26 Å². The first-order chi connectivity index (χ1) is 11.2. The lowest BCUT2D eigenvalue weighted by Crippen LogP contribution is -2.35. The molecule has 7 heteroatoms. The van der Waals surface area contributed by atoms with Crippen LogP contribution >= 0.6 is 0 Å². The van der Waals surface area contributed by atoms with Gasteiger partial charge in [0.2, 0.25) is 0 Å². The Hall–Kier alpha value is -3.27. The van der Waals surface area contributed by atoms with Crippen LogP contribution in [0.3, 0.4) is 0 Å². The molecule has 1 aromatic carbocycles. The standard InChI is InChI=1S/C17H17N3O4/c1-17(2,3)24-19-15(16-14(22)5-4-8-20(16)23)12-9-11(10-18)6-7-13(12)21/h4-9,21-22H,1-3H3. The second kappa shape index (κ2) is 6.46. The largest absolute Gasteiger partial charge is 0.618 e. The molecule has 0 atom stereocenters. The minimum Gasteiger partial charge on any atom is -0.618 e. The Labute approximate surface area is 139 Å². The number of oxime groups is 1. The topological polar surface area (TPSA) is 113 Å². The SMILES string of the molecule is CC(C)(C)ON=C(c1cc(C#N)ccc1O)c1c(O)ccc[n+]1[O-]. The minimum absolute atomic E-state index is 0.0763. The molecule has 1 aromatic heterocycles. The van der Waals surface area contributed by atoms with Crippen LogP contribution in [-0.4, -0.2) is 21.5 Å². The number of phenols is 1. The summed E-state index contributed by atoms with van der Waals surface area (Å²) in [6, 6.07) is 8.75. The van der Waals surface area contributed by atoms with Crippen LogP contribution in [0.25, 0.3) is 0 Å². The Morgan fingerprint density at radius 1 is 1.25 bits per heavy atom. The molecule has 2 aromatic rings. The van der Waals surface area contributed by atoms with Gasteiger partial charge in [0.25, 0.3) is 5.69 Å². The fraction of sp³-hybridized carbons (Fsp3) is 0.235. The highest BCUT2D eigenvalue weighted by Crippen LogP contribution is 2.25. The van der Waals surface area contributed by atoms with E-state index in [-0.39, 0.29) is 34.0 Å². The highest BCUT2D eigenvalue weighted by molar-refractivity contribution is 6.13. The molecule has 7 nitrogen and oxygen atoms in total. The predicted molar refractivity (Wildman–Crippen MR) is 86.4 cm³/mol. The van der Waals surface area contributed by atoms with Gasteiger partial charge in [-0.15, -0.1) is 0 Å². The van der Waals surface area contributed by atoms with E-state index in [9.17, 15) is 15.4 Å². The maximum Gasteiger partial charge on any atom is 0.288 e. The van der Waals surface area contributed by atoms with E-state index in [1.54, 1.807) is 20.8 Å². The summed E-state index contributed by atoms with van der Waals surface area (Å²) in [5, 5.41) is 45.3. The number of pyridine rings is 1. The zero-order valence-electron chi connectivity index (χ0n) is 13.5. The molecule has 0 saturated heterocycles. The molecule has 0 bridgehead atoms. The number of aromatic nitrogens is 1. The van der Waals surface area contributed by atoms with Crippen molar-refractivity contribution in [3.63, 3.8) is 0 Å². The maximum absolute atomic E-state index is 12.1. The van der Waals surface area contributed by atoms with Crippen molar-refractivity contribution >= 4 is 5.71 Å². The zero-order valence-corrected chi connectivity index (χ0v) is 13.5. The van der Waals surface area contributed by atoms with Gasteiger partial charge in [0, 0.05) is 6.07 Å². The van der Waals surface area contributed by atoms with Gasteiger partial charge in [0.15, 0.2) is 17.7 Å². The van der Waals surface area contributed by atoms with E-state index in [2.05, 4.69) is 5.16 Å². The smallest absolute Gasteiger partial charge is 0.288 e. The van der Waals surface area contributed by atoms with Crippen molar-refractivity contribution in [2.24, 2.45) is 5.16 Å². The normalized spacial score (nSPS) is 11.8. The third-order valence-corrected chi connectivity index (χ3v) is 2.95. The molecule has 0 fully saturated rings. The number of rotatable bonds is 3. The van der Waals surface area contributed by atoms with E-state index < -0.39 is 5.60 Å². The number of hydrogen-bond acceptors (Lipinski definition) is 6. The number of nitriles is 1. The van der Waals surface area contributed by atoms with Gasteiger partial charge in [0.1, 0.15) is 11.4 Å². The van der Waals surface area contributed by atoms with Crippen molar-refractivity contribution in [3.05, 3.63) is 58.6 Å². The Bertz CT molecular complexity index is 812. The Balaban J connectivity index is 2.72. The third kappa shape index (κ3) is 3.73. The molecule has 0 aliphatic rings. The molecular weight excluding hydrogens is 310 g/mol. The van der Waals surface area contributed by atoms with Gasteiger partial charge in [-0.05, 0) is 45.0 Å². The molecule has 0 unspecified atom stereocenters. The van der Waals surface area contributed by atoms with E-state index in [1.807, 2.05) is 6.07 Å². The van der Waals surface area contributed by atoms with E-state index in [0.29, 0.717) is 4.73 Å². The number of nitrogens with zero attached hydrogens (tertiary/aromatic N) is 3. The van der Waals surface area contributed by atoms with Gasteiger partial charge < -0.3 is 20.3 Å². The van der Waals surface area contributed by atoms with Gasteiger partial charge in [-0.3, -0.25) is 0 Å². The highest BCUT2D eigenvalue weighted by Gasteiger charge is 2.26. The summed E-state index contributed by atoms with van der Waals surface area (Å²) in [4.78, 5) is 5.37. The van der Waals surface area contributed by atoms with Crippen LogP contribution in [0.5, 0.6) is 11.5 Å². The molecule has 124 valence electrons. The quantitative estimate of drug-likeness (QED) is 0.388. The second-order valence-electron chi connectivity index (χ2n) is 6.06. The first kappa shape index (κ1) is 17.1. The molecule has 0 amide bonds. The van der Waals surface area contributed by atoms with E-state index >= 15 is 0 Å². The molecule has 2 N–H and O–H groups in total. The summed E-state index contributed by atoms with van der Waals surface area (Å²) < 4.78 is 0.415. The number of hydrogen-bond donors (Lipinski definition) is 2. The second-order valence-corrected chi connectivity index (χ2v) is 6.06. The Morgan fingerprint density at radius 2 is 1.96 bits per heavy atom. The van der Waals surface area contributed by atoms with Crippen LogP contribution in [-0.2, 0) is 4.84 Å². The molecule has 2 rings (SSSR count). The van der Waals surface area contributed by atoms with Gasteiger partial charge in [-0.2, -0.15) is 9.99 Å². The summed E-state index contributed by atoms with van der Waals surface area (Å²) in [5.41, 5.74) is -0.561. The number of aromatic hydroxyl groups is 2. The molecule has 0 radical (unpaired) electrons. The Morgan fingerprint density at radius 3 is 2.54 bits per heavy atom. The van der Waals surface area contributed by atoms with Gasteiger partial charge in [0.05, 0.1) is 17.2 Å². The monoisotopic (exact) mass is 327 g/mol. The summed E-state index contributed by atoms with van der Waals surface area (Å²) in [7, 11) is 0. The molecule has 0 spiro atoms. The lowest BCUT2D eigenvalue weighted by atomic mass is 10.0. The first-order valence-electron chi connectivity index (χ1n) is 7.14. The Kier molecular flexibility index (Phi) is 4.60. The maximum atomic E-state index is 12.1. The average Bonchev–Trinajstić information content (AvgIpc) is 2.50. The fourth-order valence-corrected chi connectivity index (χ4v) is 1.90. The van der Waals surface area contributed by atoms with Crippen molar-refractivity contribution in [1.82, 2.24) is 0 Å². The van der Waals surface area contributed by atoms with Gasteiger partial charge in [-0.1, -0.05) is 5.16 Å². The summed E-state index contributed by atoms with van der Waals surface area (Å²) in [6.45, 7) is 5.28. The molecule has 1 heterocycles. The molecule has 24 heavy (non-hydrogen) atoms. The minimum atomic E-state index is -0.661. The van der Waals surface area contributed by atoms with Crippen LogP contribution in [0.15, 0.2) is 41.7 Å². The number of phenolic OH excluding ortho intramolecular Hbond substituents is 1. The van der Waals surface area contributed by atoms with Crippen LogP contribution in [0.1, 0.15) is 37.6 Å². The summed E-state index contributed by atoms with van der Waals surface area (Å²) >= 11 is 0. The van der Waals surface area contributed by atoms with Crippen molar-refractivity contribution in [2.45, 2.75) is 26.4 Å². The lowest BCUT2D eigenvalue weighted by Gasteiger charge is -2.17. The van der Waals surface area contributed by atoms with Gasteiger partial charge in [-0.25, -0.2) is 0 Å². The van der Waals surface area contributed by atoms with Crippen LogP contribution in [0, 0.1) is 16.5 Å². The third-order valence-electron chi connectivity index (χ3n) is 2.95. The number of benzene rings is 1. The summed E-state index contributed by atoms with van der Waals surface area (Å²) in [5.74, 6) is -0.529.